The Morgan fingerprint density at radius 3 is 1.93 bits per heavy atom. The minimum absolute atomic E-state index is 0.0220. The molecule has 0 radical (unpaired) electrons. The van der Waals surface area contributed by atoms with E-state index in [1.165, 1.54) is 49.5 Å². The highest BCUT2D eigenvalue weighted by atomic mass is 79.9. The monoisotopic (exact) mass is 678 g/mol. The Morgan fingerprint density at radius 1 is 0.881 bits per heavy atom. The largest absolute Gasteiger partial charge is 0.494 e. The van der Waals surface area contributed by atoms with Gasteiger partial charge in [-0.3, -0.25) is 27.9 Å². The number of rotatable bonds is 8. The molecule has 2 N–H and O–H groups in total. The number of hydrogen-bond donors (Lipinski definition) is 2. The first kappa shape index (κ1) is 31.2. The number of halogens is 2. The molecule has 2 heterocycles. The second kappa shape index (κ2) is 12.2. The summed E-state index contributed by atoms with van der Waals surface area (Å²) in [7, 11) is 5.85. The number of nitrogens with zero attached hydrogens (tertiary/aromatic N) is 4. The Bertz CT molecular complexity index is 1860. The lowest BCUT2D eigenvalue weighted by molar-refractivity contribution is 0.267. The number of benzene rings is 2. The van der Waals surface area contributed by atoms with Gasteiger partial charge in [-0.2, -0.15) is 0 Å². The van der Waals surface area contributed by atoms with Crippen molar-refractivity contribution in [1.82, 2.24) is 18.3 Å². The molecule has 4 aromatic rings. The summed E-state index contributed by atoms with van der Waals surface area (Å²) in [6.07, 6.45) is 0. The smallest absolute Gasteiger partial charge is 0.262 e. The fourth-order valence-electron chi connectivity index (χ4n) is 4.64. The minimum atomic E-state index is -1.31. The maximum atomic E-state index is 13.7. The summed E-state index contributed by atoms with van der Waals surface area (Å²) in [6, 6.07) is 9.11. The summed E-state index contributed by atoms with van der Waals surface area (Å²) in [6.45, 7) is 2.02. The molecule has 0 fully saturated rings. The van der Waals surface area contributed by atoms with Crippen LogP contribution in [0.2, 0.25) is 0 Å². The first-order valence-electron chi connectivity index (χ1n) is 12.6. The van der Waals surface area contributed by atoms with E-state index >= 15 is 0 Å². The molecule has 222 valence electrons. The van der Waals surface area contributed by atoms with Crippen molar-refractivity contribution in [3.63, 3.8) is 0 Å². The van der Waals surface area contributed by atoms with Crippen LogP contribution < -0.4 is 20.6 Å². The first-order valence-corrected chi connectivity index (χ1v) is 14.2. The molecule has 14 heteroatoms. The fraction of sp³-hybridized carbons (Fsp3) is 0.286. The van der Waals surface area contributed by atoms with E-state index in [1.54, 1.807) is 31.2 Å². The molecule has 0 aliphatic carbocycles. The SMILES string of the molecule is CCOc1cc(C(c2c(O)n(C)c(=S)n(C)c2=O)c2c(O)n(C)c(=S)n(C)c2=O)cc(Br)c1OCc1cccc(F)c1. The van der Waals surface area contributed by atoms with Gasteiger partial charge in [0.05, 0.1) is 28.1 Å². The van der Waals surface area contributed by atoms with Gasteiger partial charge >= 0.3 is 0 Å². The van der Waals surface area contributed by atoms with Crippen molar-refractivity contribution in [2.24, 2.45) is 28.2 Å². The number of hydrogen-bond acceptors (Lipinski definition) is 8. The summed E-state index contributed by atoms with van der Waals surface area (Å²) >= 11 is 14.1. The molecule has 0 atom stereocenters. The molecule has 10 nitrogen and oxygen atoms in total. The third-order valence-corrected chi connectivity index (χ3v) is 8.53. The van der Waals surface area contributed by atoms with Crippen molar-refractivity contribution in [2.75, 3.05) is 6.61 Å². The highest BCUT2D eigenvalue weighted by Crippen LogP contribution is 2.44. The van der Waals surface area contributed by atoms with Gasteiger partial charge in [0.25, 0.3) is 11.1 Å². The third kappa shape index (κ3) is 5.53. The Hall–Kier alpha value is -3.75. The summed E-state index contributed by atoms with van der Waals surface area (Å²) in [5, 5.41) is 22.5. The molecule has 2 aromatic carbocycles. The van der Waals surface area contributed by atoms with Gasteiger partial charge in [0.15, 0.2) is 21.0 Å². The molecule has 42 heavy (non-hydrogen) atoms. The summed E-state index contributed by atoms with van der Waals surface area (Å²) < 4.78 is 30.9. The molecule has 4 rings (SSSR count). The van der Waals surface area contributed by atoms with Gasteiger partial charge < -0.3 is 19.7 Å². The van der Waals surface area contributed by atoms with E-state index in [0.29, 0.717) is 15.6 Å². The highest BCUT2D eigenvalue weighted by molar-refractivity contribution is 9.10. The van der Waals surface area contributed by atoms with E-state index in [4.69, 9.17) is 33.9 Å². The average molecular weight is 680 g/mol. The summed E-state index contributed by atoms with van der Waals surface area (Å²) in [5.41, 5.74) is -0.874. The summed E-state index contributed by atoms with van der Waals surface area (Å²) in [4.78, 5) is 27.3. The van der Waals surface area contributed by atoms with Crippen LogP contribution in [0, 0.1) is 15.4 Å². The van der Waals surface area contributed by atoms with Crippen LogP contribution in [0.3, 0.4) is 0 Å². The minimum Gasteiger partial charge on any atom is -0.494 e. The predicted octanol–water partition coefficient (Wildman–Crippen LogP) is 4.69. The van der Waals surface area contributed by atoms with Crippen molar-refractivity contribution in [3.8, 4) is 23.3 Å². The third-order valence-electron chi connectivity index (χ3n) is 6.85. The van der Waals surface area contributed by atoms with Crippen LogP contribution in [0.4, 0.5) is 4.39 Å². The molecular weight excluding hydrogens is 651 g/mol. The van der Waals surface area contributed by atoms with Gasteiger partial charge in [0.1, 0.15) is 12.4 Å². The van der Waals surface area contributed by atoms with E-state index < -0.39 is 34.6 Å². The van der Waals surface area contributed by atoms with Crippen LogP contribution >= 0.6 is 40.4 Å². The van der Waals surface area contributed by atoms with Crippen molar-refractivity contribution < 1.29 is 24.1 Å². The molecule has 0 bridgehead atoms. The molecular formula is C28H28BrFN4O6S2. The molecule has 0 saturated heterocycles. The average Bonchev–Trinajstić information content (AvgIpc) is 2.96. The Kier molecular flexibility index (Phi) is 9.09. The Labute approximate surface area is 258 Å². The zero-order chi connectivity index (χ0) is 31.0. The normalized spacial score (nSPS) is 11.2. The van der Waals surface area contributed by atoms with E-state index in [0.717, 1.165) is 9.13 Å². The molecule has 0 amide bonds. The van der Waals surface area contributed by atoms with Crippen LogP contribution in [-0.4, -0.2) is 35.1 Å². The van der Waals surface area contributed by atoms with Crippen molar-refractivity contribution in [1.29, 1.82) is 0 Å². The topological polar surface area (TPSA) is 113 Å². The lowest BCUT2D eigenvalue weighted by atomic mass is 9.86. The van der Waals surface area contributed by atoms with Crippen LogP contribution in [0.25, 0.3) is 0 Å². The van der Waals surface area contributed by atoms with E-state index in [2.05, 4.69) is 15.9 Å². The number of ether oxygens (including phenoxy) is 2. The standard InChI is InChI=1S/C28H28BrFN4O6S2/c1-6-39-18-12-15(11-17(29)22(18)40-13-14-8-7-9-16(30)10-14)19(20-23(35)31(2)27(41)32(3)24(20)36)21-25(37)33(4)28(42)34(5)26(21)38/h7-12,19,35,37H,6,13H2,1-5H3. The zero-order valence-corrected chi connectivity index (χ0v) is 26.6. The molecule has 0 aliphatic heterocycles. The van der Waals surface area contributed by atoms with Gasteiger partial charge in [0.2, 0.25) is 11.8 Å². The van der Waals surface area contributed by atoms with Gasteiger partial charge in [-0.25, -0.2) is 4.39 Å². The van der Waals surface area contributed by atoms with Crippen LogP contribution in [-0.2, 0) is 34.8 Å². The maximum Gasteiger partial charge on any atom is 0.262 e. The molecule has 0 saturated carbocycles. The lowest BCUT2D eigenvalue weighted by Gasteiger charge is -2.24. The van der Waals surface area contributed by atoms with E-state index in [1.807, 2.05) is 0 Å². The van der Waals surface area contributed by atoms with E-state index in [-0.39, 0.29) is 45.4 Å². The van der Waals surface area contributed by atoms with E-state index in [9.17, 15) is 24.2 Å². The van der Waals surface area contributed by atoms with Gasteiger partial charge in [0, 0.05) is 28.2 Å². The molecule has 0 aliphatic rings. The van der Waals surface area contributed by atoms with Crippen LogP contribution in [0.1, 0.15) is 35.1 Å². The fourth-order valence-corrected chi connectivity index (χ4v) is 5.55. The Morgan fingerprint density at radius 2 is 1.43 bits per heavy atom. The van der Waals surface area contributed by atoms with Crippen molar-refractivity contribution in [2.45, 2.75) is 19.4 Å². The number of aromatic nitrogens is 4. The quantitative estimate of drug-likeness (QED) is 0.258. The molecule has 0 unspecified atom stereocenters. The lowest BCUT2D eigenvalue weighted by Crippen LogP contribution is -2.33. The van der Waals surface area contributed by atoms with Crippen LogP contribution in [0.5, 0.6) is 23.3 Å². The molecule has 0 spiro atoms. The number of aromatic hydroxyl groups is 2. The second-order valence-electron chi connectivity index (χ2n) is 9.50. The first-order chi connectivity index (χ1) is 19.8. The highest BCUT2D eigenvalue weighted by Gasteiger charge is 2.33. The molecule has 2 aromatic heterocycles. The maximum absolute atomic E-state index is 13.7. The van der Waals surface area contributed by atoms with Crippen molar-refractivity contribution in [3.05, 3.63) is 99.2 Å². The Balaban J connectivity index is 2.05. The second-order valence-corrected chi connectivity index (χ2v) is 11.1. The summed E-state index contributed by atoms with van der Waals surface area (Å²) in [5.74, 6) is -2.16. The predicted molar refractivity (Wildman–Crippen MR) is 163 cm³/mol. The van der Waals surface area contributed by atoms with Crippen molar-refractivity contribution >= 4 is 40.4 Å². The van der Waals surface area contributed by atoms with Gasteiger partial charge in [-0.15, -0.1) is 0 Å². The van der Waals surface area contributed by atoms with Crippen LogP contribution in [0.15, 0.2) is 50.5 Å². The zero-order valence-electron chi connectivity index (χ0n) is 23.3. The van der Waals surface area contributed by atoms with Gasteiger partial charge in [-0.05, 0) is 82.7 Å². The van der Waals surface area contributed by atoms with Gasteiger partial charge in [-0.1, -0.05) is 12.1 Å².